The third kappa shape index (κ3) is 14.4. The van der Waals surface area contributed by atoms with E-state index in [0.29, 0.717) is 31.6 Å². The number of fused-ring (bicyclic) bond motifs is 5. The van der Waals surface area contributed by atoms with Crippen LogP contribution in [0.3, 0.4) is 0 Å². The molecule has 2 bridgehead atoms. The number of hydrogen-bond acceptors (Lipinski definition) is 8. The minimum Gasteiger partial charge on any atom is -0.459 e. The van der Waals surface area contributed by atoms with Crippen molar-refractivity contribution in [2.75, 3.05) is 0 Å². The lowest BCUT2D eigenvalue weighted by Gasteiger charge is -2.51. The first-order valence-corrected chi connectivity index (χ1v) is 22.6. The van der Waals surface area contributed by atoms with E-state index in [1.165, 1.54) is 117 Å². The van der Waals surface area contributed by atoms with Crippen LogP contribution in [0.4, 0.5) is 0 Å². The Morgan fingerprint density at radius 3 is 1.59 bits per heavy atom. The van der Waals surface area contributed by atoms with Gasteiger partial charge in [-0.25, -0.2) is 0 Å². The summed E-state index contributed by atoms with van der Waals surface area (Å²) in [6.45, 7) is 15.2. The molecule has 2 aliphatic heterocycles. The molecule has 1 saturated carbocycles. The van der Waals surface area contributed by atoms with Gasteiger partial charge in [0.2, 0.25) is 0 Å². The van der Waals surface area contributed by atoms with Crippen LogP contribution in [0.25, 0.3) is 0 Å². The fourth-order valence-electron chi connectivity index (χ4n) is 10.5. The fourth-order valence-corrected chi connectivity index (χ4v) is 10.5. The fraction of sp³-hybridized carbons (Fsp3) is 0.935. The van der Waals surface area contributed by atoms with Crippen LogP contribution in [-0.2, 0) is 33.3 Å². The summed E-state index contributed by atoms with van der Waals surface area (Å²) in [5.74, 6) is -0.691. The summed E-state index contributed by atoms with van der Waals surface area (Å²) < 4.78 is 25.2. The molecule has 1 N–H and O–H groups in total. The number of unbranched alkanes of at least 4 members (excludes halogenated alkanes) is 18. The summed E-state index contributed by atoms with van der Waals surface area (Å²) in [7, 11) is 0. The Kier molecular flexibility index (Phi) is 19.8. The van der Waals surface area contributed by atoms with Crippen LogP contribution in [0.2, 0.25) is 0 Å². The van der Waals surface area contributed by atoms with E-state index >= 15 is 0 Å². The van der Waals surface area contributed by atoms with Gasteiger partial charge in [0.15, 0.2) is 0 Å². The van der Waals surface area contributed by atoms with Crippen molar-refractivity contribution in [3.05, 3.63) is 0 Å². The number of esters is 3. The Balaban J connectivity index is 1.45. The second-order valence-electron chi connectivity index (χ2n) is 18.6. The molecule has 8 nitrogen and oxygen atoms in total. The number of aliphatic hydroxyl groups is 1. The van der Waals surface area contributed by atoms with Gasteiger partial charge in [0.25, 0.3) is 0 Å². The normalized spacial score (nSPS) is 32.3. The summed E-state index contributed by atoms with van der Waals surface area (Å²) in [5, 5.41) is 12.1. The Morgan fingerprint density at radius 1 is 0.685 bits per heavy atom. The van der Waals surface area contributed by atoms with Crippen LogP contribution < -0.4 is 0 Å². The lowest BCUT2D eigenvalue weighted by Crippen LogP contribution is -2.58. The van der Waals surface area contributed by atoms with Gasteiger partial charge in [0.05, 0.1) is 6.10 Å². The smallest absolute Gasteiger partial charge is 0.306 e. The Bertz CT molecular complexity index is 1120. The van der Waals surface area contributed by atoms with Crippen LogP contribution in [0.15, 0.2) is 0 Å². The van der Waals surface area contributed by atoms with Crippen LogP contribution in [0.1, 0.15) is 216 Å². The van der Waals surface area contributed by atoms with Crippen LogP contribution >= 0.6 is 0 Å². The Morgan fingerprint density at radius 2 is 1.13 bits per heavy atom. The van der Waals surface area contributed by atoms with Gasteiger partial charge >= 0.3 is 17.9 Å². The molecule has 0 aromatic rings. The van der Waals surface area contributed by atoms with Gasteiger partial charge in [-0.05, 0) is 64.7 Å². The van der Waals surface area contributed by atoms with Gasteiger partial charge in [-0.1, -0.05) is 136 Å². The third-order valence-electron chi connectivity index (χ3n) is 13.3. The van der Waals surface area contributed by atoms with E-state index in [1.54, 1.807) is 6.92 Å². The molecule has 3 fully saturated rings. The molecule has 0 radical (unpaired) electrons. The molecule has 314 valence electrons. The minimum absolute atomic E-state index is 0.0401. The van der Waals surface area contributed by atoms with E-state index in [2.05, 4.69) is 20.8 Å². The van der Waals surface area contributed by atoms with Gasteiger partial charge in [-0.2, -0.15) is 0 Å². The Hall–Kier alpha value is -1.67. The molecule has 9 atom stereocenters. The summed E-state index contributed by atoms with van der Waals surface area (Å²) in [6, 6.07) is 0. The molecular weight excluding hydrogens is 680 g/mol. The van der Waals surface area contributed by atoms with E-state index in [9.17, 15) is 19.5 Å². The highest BCUT2D eigenvalue weighted by atomic mass is 16.6. The molecule has 0 spiro atoms. The highest BCUT2D eigenvalue weighted by molar-refractivity contribution is 5.69. The molecule has 1 aliphatic carbocycles. The zero-order chi connectivity index (χ0) is 39.8. The van der Waals surface area contributed by atoms with Crippen molar-refractivity contribution in [1.82, 2.24) is 0 Å². The summed E-state index contributed by atoms with van der Waals surface area (Å²) >= 11 is 0. The first kappa shape index (κ1) is 46.7. The highest BCUT2D eigenvalue weighted by Gasteiger charge is 2.65. The van der Waals surface area contributed by atoms with Crippen molar-refractivity contribution in [3.63, 3.8) is 0 Å². The van der Waals surface area contributed by atoms with E-state index in [1.807, 2.05) is 13.8 Å². The molecular formula is C46H82O8. The number of rotatable bonds is 24. The van der Waals surface area contributed by atoms with Gasteiger partial charge in [-0.3, -0.25) is 14.4 Å². The maximum atomic E-state index is 13.2. The summed E-state index contributed by atoms with van der Waals surface area (Å²) in [5.41, 5.74) is -3.20. The number of carbonyl (C=O) groups excluding carboxylic acids is 3. The molecule has 0 aromatic heterocycles. The van der Waals surface area contributed by atoms with E-state index < -0.39 is 41.1 Å². The highest BCUT2D eigenvalue weighted by Crippen LogP contribution is 2.58. The van der Waals surface area contributed by atoms with Gasteiger partial charge < -0.3 is 24.1 Å². The summed E-state index contributed by atoms with van der Waals surface area (Å²) in [4.78, 5) is 38.2. The zero-order valence-electron chi connectivity index (χ0n) is 36.0. The minimum atomic E-state index is -1.39. The van der Waals surface area contributed by atoms with Crippen molar-refractivity contribution in [2.24, 2.45) is 23.7 Å². The average molecular weight is 763 g/mol. The molecule has 8 heteroatoms. The second kappa shape index (κ2) is 22.9. The lowest BCUT2D eigenvalue weighted by atomic mass is 9.57. The number of carbonyl (C=O) groups is 3. The lowest BCUT2D eigenvalue weighted by molar-refractivity contribution is -0.185. The molecule has 0 aromatic carbocycles. The van der Waals surface area contributed by atoms with Crippen LogP contribution in [0.5, 0.6) is 0 Å². The predicted molar refractivity (Wildman–Crippen MR) is 216 cm³/mol. The van der Waals surface area contributed by atoms with Gasteiger partial charge in [-0.15, -0.1) is 0 Å². The van der Waals surface area contributed by atoms with Crippen molar-refractivity contribution < 1.29 is 38.4 Å². The first-order valence-electron chi connectivity index (χ1n) is 22.6. The van der Waals surface area contributed by atoms with Crippen molar-refractivity contribution >= 4 is 17.9 Å². The Labute approximate surface area is 330 Å². The SMILES string of the molecule is CCCCCCCCCCCCCCCCCCCCCC(=O)O[C@@H]1CC[C@](C)(OC(C)=O)[C@@H]2O[C@H](C[C@@]1(C)O)[C@H]1[C@@H]2[C@H](C(C)C)CC[C@]1(C)OC(C)=O. The second-order valence-corrected chi connectivity index (χ2v) is 18.6. The van der Waals surface area contributed by atoms with Crippen molar-refractivity contribution in [1.29, 1.82) is 0 Å². The molecule has 3 rings (SSSR count). The van der Waals surface area contributed by atoms with Crippen molar-refractivity contribution in [3.8, 4) is 0 Å². The van der Waals surface area contributed by atoms with Crippen LogP contribution in [-0.4, -0.2) is 58.1 Å². The molecule has 2 saturated heterocycles. The molecule has 2 heterocycles. The average Bonchev–Trinajstić information content (AvgIpc) is 3.48. The molecule has 54 heavy (non-hydrogen) atoms. The van der Waals surface area contributed by atoms with E-state index in [-0.39, 0.29) is 36.1 Å². The van der Waals surface area contributed by atoms with Gasteiger partial charge in [0.1, 0.15) is 29.0 Å². The zero-order valence-corrected chi connectivity index (χ0v) is 36.0. The topological polar surface area (TPSA) is 108 Å². The third-order valence-corrected chi connectivity index (χ3v) is 13.3. The van der Waals surface area contributed by atoms with Gasteiger partial charge in [0, 0.05) is 38.5 Å². The largest absolute Gasteiger partial charge is 0.459 e. The van der Waals surface area contributed by atoms with E-state index in [4.69, 9.17) is 18.9 Å². The predicted octanol–water partition coefficient (Wildman–Crippen LogP) is 11.4. The van der Waals surface area contributed by atoms with Crippen molar-refractivity contribution in [2.45, 2.75) is 251 Å². The molecule has 3 aliphatic rings. The number of ether oxygens (including phenoxy) is 4. The first-order chi connectivity index (χ1) is 25.6. The maximum absolute atomic E-state index is 13.2. The quantitative estimate of drug-likeness (QED) is 0.0588. The summed E-state index contributed by atoms with van der Waals surface area (Å²) in [6.07, 6.45) is 25.8. The maximum Gasteiger partial charge on any atom is 0.306 e. The number of hydrogen-bond donors (Lipinski definition) is 1. The monoisotopic (exact) mass is 763 g/mol. The van der Waals surface area contributed by atoms with Crippen LogP contribution in [0, 0.1) is 23.7 Å². The standard InChI is InChI=1S/C46H82O8/c1-9-10-11-12-13-14-15-16-17-18-19-20-21-22-23-24-25-26-27-28-40(49)52-39-30-32-46(8,54-36(5)48)43-41-37(34(2)3)29-31-45(7,53-35(4)47)42(41)38(51-43)33-44(39,6)50/h34,37-39,41-43,50H,9-33H2,1-8H3/t37-,38+,39+,41-,42-,43+,44+,45-,46-/m0/s1. The van der Waals surface area contributed by atoms with E-state index in [0.717, 1.165) is 25.7 Å². The molecule has 0 amide bonds. The molecule has 0 unspecified atom stereocenters.